The Morgan fingerprint density at radius 1 is 1.35 bits per heavy atom. The van der Waals surface area contributed by atoms with Gasteiger partial charge >= 0.3 is 0 Å². The molecule has 1 aromatic carbocycles. The fraction of sp³-hybridized carbons (Fsp3) is 0.462. The van der Waals surface area contributed by atoms with E-state index in [9.17, 15) is 4.79 Å². The summed E-state index contributed by atoms with van der Waals surface area (Å²) < 4.78 is 5.12. The highest BCUT2D eigenvalue weighted by Gasteiger charge is 2.16. The summed E-state index contributed by atoms with van der Waals surface area (Å²) >= 11 is 0. The number of piperazine rings is 1. The van der Waals surface area contributed by atoms with Crippen molar-refractivity contribution in [2.24, 2.45) is 0 Å². The van der Waals surface area contributed by atoms with Crippen LogP contribution in [-0.4, -0.2) is 32.1 Å². The van der Waals surface area contributed by atoms with Gasteiger partial charge in [0.25, 0.3) is 0 Å². The van der Waals surface area contributed by atoms with Gasteiger partial charge in [-0.3, -0.25) is 4.79 Å². The topological polar surface area (TPSA) is 50.4 Å². The van der Waals surface area contributed by atoms with Crippen molar-refractivity contribution in [1.29, 1.82) is 0 Å². The van der Waals surface area contributed by atoms with E-state index in [1.165, 1.54) is 5.56 Å². The highest BCUT2D eigenvalue weighted by atomic mass is 16.5. The van der Waals surface area contributed by atoms with Gasteiger partial charge in [-0.05, 0) is 30.5 Å². The Kier molecular flexibility index (Phi) is 3.98. The zero-order valence-electron chi connectivity index (χ0n) is 10.0. The fourth-order valence-corrected chi connectivity index (χ4v) is 1.95. The molecule has 92 valence electrons. The van der Waals surface area contributed by atoms with Gasteiger partial charge in [-0.15, -0.1) is 0 Å². The number of hydrogen-bond acceptors (Lipinski definition) is 3. The number of carbonyl (C=O) groups is 1. The number of nitrogens with one attached hydrogen (secondary N) is 2. The molecule has 1 amide bonds. The first-order chi connectivity index (χ1) is 8.28. The lowest BCUT2D eigenvalue weighted by atomic mass is 10.0. The molecule has 0 bridgehead atoms. The predicted octanol–water partition coefficient (Wildman–Crippen LogP) is 0.716. The van der Waals surface area contributed by atoms with E-state index < -0.39 is 0 Å². The number of ether oxygens (including phenoxy) is 1. The Morgan fingerprint density at radius 3 is 2.71 bits per heavy atom. The van der Waals surface area contributed by atoms with Gasteiger partial charge in [0.15, 0.2) is 0 Å². The lowest BCUT2D eigenvalue weighted by molar-refractivity contribution is -0.121. The molecular weight excluding hydrogens is 216 g/mol. The standard InChI is InChI=1S/C13H18N2O2/c1-17-12-6-3-10(4-7-12)2-5-11-8-15-13(16)9-14-11/h3-4,6-7,11,14H,2,5,8-9H2,1H3,(H,15,16). The minimum Gasteiger partial charge on any atom is -0.497 e. The molecule has 1 fully saturated rings. The van der Waals surface area contributed by atoms with Crippen LogP contribution in [0.2, 0.25) is 0 Å². The van der Waals surface area contributed by atoms with Crippen LogP contribution < -0.4 is 15.4 Å². The molecule has 1 atom stereocenters. The van der Waals surface area contributed by atoms with Gasteiger partial charge in [-0.25, -0.2) is 0 Å². The highest BCUT2D eigenvalue weighted by molar-refractivity contribution is 5.78. The second kappa shape index (κ2) is 5.68. The van der Waals surface area contributed by atoms with Crippen molar-refractivity contribution in [2.45, 2.75) is 18.9 Å². The van der Waals surface area contributed by atoms with Gasteiger partial charge in [0.05, 0.1) is 13.7 Å². The maximum Gasteiger partial charge on any atom is 0.234 e. The second-order valence-electron chi connectivity index (χ2n) is 4.27. The molecule has 0 aliphatic carbocycles. The van der Waals surface area contributed by atoms with E-state index in [1.807, 2.05) is 12.1 Å². The molecule has 2 N–H and O–H groups in total. The molecule has 17 heavy (non-hydrogen) atoms. The third-order valence-corrected chi connectivity index (χ3v) is 3.04. The Balaban J connectivity index is 1.79. The first-order valence-corrected chi connectivity index (χ1v) is 5.91. The van der Waals surface area contributed by atoms with Crippen LogP contribution in [0.25, 0.3) is 0 Å². The number of rotatable bonds is 4. The molecule has 1 saturated heterocycles. The zero-order valence-corrected chi connectivity index (χ0v) is 10.0. The highest BCUT2D eigenvalue weighted by Crippen LogP contribution is 2.13. The number of carbonyl (C=O) groups excluding carboxylic acids is 1. The van der Waals surface area contributed by atoms with Crippen molar-refractivity contribution in [3.63, 3.8) is 0 Å². The van der Waals surface area contributed by atoms with Gasteiger partial charge in [-0.1, -0.05) is 12.1 Å². The fourth-order valence-electron chi connectivity index (χ4n) is 1.95. The van der Waals surface area contributed by atoms with Gasteiger partial charge in [0.1, 0.15) is 5.75 Å². The van der Waals surface area contributed by atoms with Gasteiger partial charge < -0.3 is 15.4 Å². The second-order valence-corrected chi connectivity index (χ2v) is 4.27. The summed E-state index contributed by atoms with van der Waals surface area (Å²) in [6.45, 7) is 1.17. The van der Waals surface area contributed by atoms with Crippen LogP contribution in [0, 0.1) is 0 Å². The van der Waals surface area contributed by atoms with E-state index >= 15 is 0 Å². The van der Waals surface area contributed by atoms with Crippen molar-refractivity contribution in [1.82, 2.24) is 10.6 Å². The average Bonchev–Trinajstić information content (AvgIpc) is 2.39. The van der Waals surface area contributed by atoms with E-state index in [0.717, 1.165) is 25.1 Å². The Labute approximate surface area is 101 Å². The normalized spacial score (nSPS) is 19.8. The number of methoxy groups -OCH3 is 1. The molecule has 2 rings (SSSR count). The molecule has 1 unspecified atom stereocenters. The van der Waals surface area contributed by atoms with Crippen molar-refractivity contribution in [3.8, 4) is 5.75 Å². The molecular formula is C13H18N2O2. The van der Waals surface area contributed by atoms with Crippen molar-refractivity contribution in [3.05, 3.63) is 29.8 Å². The monoisotopic (exact) mass is 234 g/mol. The summed E-state index contributed by atoms with van der Waals surface area (Å²) in [7, 11) is 1.67. The number of aryl methyl sites for hydroxylation is 1. The first kappa shape index (κ1) is 11.9. The van der Waals surface area contributed by atoms with Gasteiger partial charge in [0.2, 0.25) is 5.91 Å². The molecule has 0 spiro atoms. The molecule has 0 radical (unpaired) electrons. The molecule has 1 aliphatic rings. The van der Waals surface area contributed by atoms with Crippen LogP contribution in [0.3, 0.4) is 0 Å². The largest absolute Gasteiger partial charge is 0.497 e. The van der Waals surface area contributed by atoms with Crippen molar-refractivity contribution >= 4 is 5.91 Å². The minimum atomic E-state index is 0.0886. The van der Waals surface area contributed by atoms with Gasteiger partial charge in [0, 0.05) is 12.6 Å². The van der Waals surface area contributed by atoms with Crippen LogP contribution in [0.4, 0.5) is 0 Å². The van der Waals surface area contributed by atoms with Crippen molar-refractivity contribution in [2.75, 3.05) is 20.2 Å². The number of hydrogen-bond donors (Lipinski definition) is 2. The number of benzene rings is 1. The predicted molar refractivity (Wildman–Crippen MR) is 66.1 cm³/mol. The Bertz CT molecular complexity index is 366. The van der Waals surface area contributed by atoms with Crippen LogP contribution in [-0.2, 0) is 11.2 Å². The SMILES string of the molecule is COc1ccc(CCC2CNC(=O)CN2)cc1. The maximum absolute atomic E-state index is 11.0. The lowest BCUT2D eigenvalue weighted by Crippen LogP contribution is -2.51. The molecule has 1 heterocycles. The third-order valence-electron chi connectivity index (χ3n) is 3.04. The van der Waals surface area contributed by atoms with Crippen LogP contribution in [0.15, 0.2) is 24.3 Å². The minimum absolute atomic E-state index is 0.0886. The van der Waals surface area contributed by atoms with E-state index in [0.29, 0.717) is 12.6 Å². The van der Waals surface area contributed by atoms with E-state index in [4.69, 9.17) is 4.74 Å². The average molecular weight is 234 g/mol. The van der Waals surface area contributed by atoms with Crippen LogP contribution >= 0.6 is 0 Å². The summed E-state index contributed by atoms with van der Waals surface area (Å²) in [5, 5.41) is 6.09. The summed E-state index contributed by atoms with van der Waals surface area (Å²) in [6.07, 6.45) is 2.05. The van der Waals surface area contributed by atoms with E-state index in [2.05, 4.69) is 22.8 Å². The van der Waals surface area contributed by atoms with E-state index in [1.54, 1.807) is 7.11 Å². The molecule has 0 saturated carbocycles. The molecule has 1 aliphatic heterocycles. The lowest BCUT2D eigenvalue weighted by Gasteiger charge is -2.23. The van der Waals surface area contributed by atoms with Crippen molar-refractivity contribution < 1.29 is 9.53 Å². The number of amides is 1. The summed E-state index contributed by atoms with van der Waals surface area (Å²) in [4.78, 5) is 11.0. The summed E-state index contributed by atoms with van der Waals surface area (Å²) in [5.74, 6) is 0.975. The third kappa shape index (κ3) is 3.46. The maximum atomic E-state index is 11.0. The van der Waals surface area contributed by atoms with Crippen LogP contribution in [0.5, 0.6) is 5.75 Å². The molecule has 0 aromatic heterocycles. The molecule has 1 aromatic rings. The molecule has 4 nitrogen and oxygen atoms in total. The zero-order chi connectivity index (χ0) is 12.1. The molecule has 4 heteroatoms. The Hall–Kier alpha value is -1.55. The first-order valence-electron chi connectivity index (χ1n) is 5.91. The summed E-state index contributed by atoms with van der Waals surface area (Å²) in [6, 6.07) is 8.51. The summed E-state index contributed by atoms with van der Waals surface area (Å²) in [5.41, 5.74) is 1.30. The van der Waals surface area contributed by atoms with E-state index in [-0.39, 0.29) is 5.91 Å². The quantitative estimate of drug-likeness (QED) is 0.807. The van der Waals surface area contributed by atoms with Crippen LogP contribution in [0.1, 0.15) is 12.0 Å². The smallest absolute Gasteiger partial charge is 0.234 e. The Morgan fingerprint density at radius 2 is 2.12 bits per heavy atom. The van der Waals surface area contributed by atoms with Gasteiger partial charge in [-0.2, -0.15) is 0 Å².